The average molecular weight is 210 g/mol. The summed E-state index contributed by atoms with van der Waals surface area (Å²) in [5.41, 5.74) is 9.03. The minimum atomic E-state index is 0.467. The highest BCUT2D eigenvalue weighted by Gasteiger charge is 2.17. The summed E-state index contributed by atoms with van der Waals surface area (Å²) < 4.78 is 0.550. The quantitative estimate of drug-likeness (QED) is 0.666. The van der Waals surface area contributed by atoms with E-state index in [1.165, 1.54) is 11.3 Å². The highest BCUT2D eigenvalue weighted by molar-refractivity contribution is 7.71. The molecule has 4 nitrogen and oxygen atoms in total. The van der Waals surface area contributed by atoms with Crippen molar-refractivity contribution in [1.82, 2.24) is 14.9 Å². The molecule has 5 heteroatoms. The van der Waals surface area contributed by atoms with E-state index in [2.05, 4.69) is 21.9 Å². The van der Waals surface area contributed by atoms with Gasteiger partial charge in [-0.1, -0.05) is 0 Å². The lowest BCUT2D eigenvalue weighted by Crippen LogP contribution is -2.29. The summed E-state index contributed by atoms with van der Waals surface area (Å²) >= 11 is 5.04. The van der Waals surface area contributed by atoms with Crippen LogP contribution in [0.25, 0.3) is 0 Å². The van der Waals surface area contributed by atoms with Gasteiger partial charge in [-0.05, 0) is 19.3 Å². The van der Waals surface area contributed by atoms with Gasteiger partial charge >= 0.3 is 0 Å². The third-order valence-electron chi connectivity index (χ3n) is 2.57. The molecule has 0 unspecified atom stereocenters. The van der Waals surface area contributed by atoms with Crippen molar-refractivity contribution in [3.05, 3.63) is 21.7 Å². The number of aromatic nitrogens is 2. The first-order valence-corrected chi connectivity index (χ1v) is 5.11. The lowest BCUT2D eigenvalue weighted by atomic mass is 10.0. The summed E-state index contributed by atoms with van der Waals surface area (Å²) in [4.78, 5) is 9.66. The highest BCUT2D eigenvalue weighted by atomic mass is 32.1. The largest absolute Gasteiger partial charge is 0.334 e. The Morgan fingerprint density at radius 2 is 2.43 bits per heavy atom. The van der Waals surface area contributed by atoms with Gasteiger partial charge < -0.3 is 15.6 Å². The van der Waals surface area contributed by atoms with Crippen LogP contribution in [0.15, 0.2) is 0 Å². The van der Waals surface area contributed by atoms with Crippen LogP contribution in [0.2, 0.25) is 0 Å². The topological polar surface area (TPSA) is 57.9 Å². The Morgan fingerprint density at radius 1 is 1.64 bits per heavy atom. The molecule has 0 saturated carbocycles. The van der Waals surface area contributed by atoms with E-state index >= 15 is 0 Å². The second-order valence-electron chi connectivity index (χ2n) is 3.64. The zero-order valence-corrected chi connectivity index (χ0v) is 9.02. The SMILES string of the molecule is CN1CCc2[nH]c(=S)nc(CN)c2C1. The van der Waals surface area contributed by atoms with Crippen molar-refractivity contribution < 1.29 is 0 Å². The van der Waals surface area contributed by atoms with Crippen molar-refractivity contribution in [3.8, 4) is 0 Å². The first-order valence-electron chi connectivity index (χ1n) is 4.70. The number of hydrogen-bond acceptors (Lipinski definition) is 4. The number of H-pyrrole nitrogens is 1. The summed E-state index contributed by atoms with van der Waals surface area (Å²) in [5.74, 6) is 0. The molecule has 76 valence electrons. The summed E-state index contributed by atoms with van der Waals surface area (Å²) in [7, 11) is 2.10. The van der Waals surface area contributed by atoms with Gasteiger partial charge in [0.15, 0.2) is 4.77 Å². The number of nitrogens with one attached hydrogen (secondary N) is 1. The molecule has 1 aromatic rings. The molecule has 0 fully saturated rings. The van der Waals surface area contributed by atoms with Crippen molar-refractivity contribution in [2.75, 3.05) is 13.6 Å². The first-order chi connectivity index (χ1) is 6.70. The van der Waals surface area contributed by atoms with E-state index in [9.17, 15) is 0 Å². The number of rotatable bonds is 1. The second kappa shape index (κ2) is 3.76. The average Bonchev–Trinajstić information content (AvgIpc) is 2.17. The number of nitrogens with two attached hydrogens (primary N) is 1. The Morgan fingerprint density at radius 3 is 3.14 bits per heavy atom. The third-order valence-corrected chi connectivity index (χ3v) is 2.77. The molecule has 1 aromatic heterocycles. The van der Waals surface area contributed by atoms with E-state index in [0.29, 0.717) is 11.3 Å². The van der Waals surface area contributed by atoms with Gasteiger partial charge in [0.2, 0.25) is 0 Å². The van der Waals surface area contributed by atoms with Crippen LogP contribution >= 0.6 is 12.2 Å². The zero-order chi connectivity index (χ0) is 10.1. The molecule has 0 aromatic carbocycles. The molecule has 1 aliphatic rings. The molecule has 0 aliphatic carbocycles. The molecule has 2 heterocycles. The standard InChI is InChI=1S/C9H14N4S/c1-13-3-2-7-6(5-13)8(4-10)12-9(14)11-7/h2-5,10H2,1H3,(H,11,12,14). The molecule has 0 saturated heterocycles. The van der Waals surface area contributed by atoms with Crippen molar-refractivity contribution >= 4 is 12.2 Å². The Labute approximate surface area is 88.1 Å². The fourth-order valence-electron chi connectivity index (χ4n) is 1.82. The minimum Gasteiger partial charge on any atom is -0.334 e. The normalized spacial score (nSPS) is 16.7. The van der Waals surface area contributed by atoms with E-state index < -0.39 is 0 Å². The van der Waals surface area contributed by atoms with Gasteiger partial charge in [-0.3, -0.25) is 0 Å². The van der Waals surface area contributed by atoms with Crippen molar-refractivity contribution in [1.29, 1.82) is 0 Å². The maximum absolute atomic E-state index is 5.65. The fourth-order valence-corrected chi connectivity index (χ4v) is 2.05. The van der Waals surface area contributed by atoms with Gasteiger partial charge in [-0.25, -0.2) is 4.98 Å². The molecule has 0 atom stereocenters. The van der Waals surface area contributed by atoms with Gasteiger partial charge in [0.1, 0.15) is 0 Å². The molecule has 3 N–H and O–H groups in total. The molecule has 2 rings (SSSR count). The van der Waals surface area contributed by atoms with E-state index in [4.69, 9.17) is 18.0 Å². The summed E-state index contributed by atoms with van der Waals surface area (Å²) in [5, 5.41) is 0. The maximum atomic E-state index is 5.65. The Balaban J connectivity index is 2.52. The van der Waals surface area contributed by atoms with Crippen LogP contribution in [-0.4, -0.2) is 28.5 Å². The van der Waals surface area contributed by atoms with Gasteiger partial charge in [-0.2, -0.15) is 0 Å². The molecule has 0 bridgehead atoms. The molecular formula is C9H14N4S. The monoisotopic (exact) mass is 210 g/mol. The van der Waals surface area contributed by atoms with Crippen LogP contribution in [0.4, 0.5) is 0 Å². The number of hydrogen-bond donors (Lipinski definition) is 2. The van der Waals surface area contributed by atoms with Gasteiger partial charge in [0.05, 0.1) is 5.69 Å². The van der Waals surface area contributed by atoms with Crippen LogP contribution in [0.3, 0.4) is 0 Å². The molecular weight excluding hydrogens is 196 g/mol. The lowest BCUT2D eigenvalue weighted by molar-refractivity contribution is 0.307. The Bertz CT molecular complexity index is 378. The molecule has 0 spiro atoms. The number of nitrogens with zero attached hydrogens (tertiary/aromatic N) is 2. The number of fused-ring (bicyclic) bond motifs is 1. The Hall–Kier alpha value is -0.780. The van der Waals surface area contributed by atoms with Crippen molar-refractivity contribution in [3.63, 3.8) is 0 Å². The predicted octanol–water partition coefficient (Wildman–Crippen LogP) is 0.586. The minimum absolute atomic E-state index is 0.467. The van der Waals surface area contributed by atoms with E-state index in [1.807, 2.05) is 0 Å². The van der Waals surface area contributed by atoms with Crippen molar-refractivity contribution in [2.45, 2.75) is 19.5 Å². The van der Waals surface area contributed by atoms with Gasteiger partial charge in [-0.15, -0.1) is 0 Å². The zero-order valence-electron chi connectivity index (χ0n) is 8.21. The van der Waals surface area contributed by atoms with Crippen LogP contribution < -0.4 is 5.73 Å². The molecule has 1 aliphatic heterocycles. The molecule has 0 radical (unpaired) electrons. The fraction of sp³-hybridized carbons (Fsp3) is 0.556. The highest BCUT2D eigenvalue weighted by Crippen LogP contribution is 2.18. The Kier molecular flexibility index (Phi) is 2.62. The van der Waals surface area contributed by atoms with Gasteiger partial charge in [0, 0.05) is 37.3 Å². The lowest BCUT2D eigenvalue weighted by Gasteiger charge is -2.25. The second-order valence-corrected chi connectivity index (χ2v) is 4.02. The smallest absolute Gasteiger partial charge is 0.197 e. The molecule has 0 amide bonds. The third kappa shape index (κ3) is 1.70. The predicted molar refractivity (Wildman–Crippen MR) is 57.4 cm³/mol. The summed E-state index contributed by atoms with van der Waals surface area (Å²) in [6, 6.07) is 0. The van der Waals surface area contributed by atoms with Crippen LogP contribution in [0, 0.1) is 4.77 Å². The number of aromatic amines is 1. The molecule has 14 heavy (non-hydrogen) atoms. The first kappa shape index (κ1) is 9.76. The maximum Gasteiger partial charge on any atom is 0.197 e. The van der Waals surface area contributed by atoms with Crippen LogP contribution in [-0.2, 0) is 19.5 Å². The van der Waals surface area contributed by atoms with Gasteiger partial charge in [0.25, 0.3) is 0 Å². The number of likely N-dealkylation sites (N-methyl/N-ethyl adjacent to an activating group) is 1. The van der Waals surface area contributed by atoms with Crippen LogP contribution in [0.5, 0.6) is 0 Å². The summed E-state index contributed by atoms with van der Waals surface area (Å²) in [6.07, 6.45) is 1.00. The van der Waals surface area contributed by atoms with E-state index in [0.717, 1.165) is 25.2 Å². The van der Waals surface area contributed by atoms with E-state index in [1.54, 1.807) is 0 Å². The van der Waals surface area contributed by atoms with Crippen molar-refractivity contribution in [2.24, 2.45) is 5.73 Å². The van der Waals surface area contributed by atoms with E-state index in [-0.39, 0.29) is 0 Å². The van der Waals surface area contributed by atoms with Crippen LogP contribution in [0.1, 0.15) is 17.0 Å². The summed E-state index contributed by atoms with van der Waals surface area (Å²) in [6.45, 7) is 2.45.